The molecule has 2 fully saturated rings. The number of Topliss-reactive ketones (excluding diaryl/α,β-unsaturated/α-hetero) is 1. The van der Waals surface area contributed by atoms with Gasteiger partial charge in [-0.2, -0.15) is 0 Å². The number of hydrogen-bond acceptors (Lipinski definition) is 6. The third-order valence-corrected chi connectivity index (χ3v) is 15.6. The molecule has 1 amide bonds. The lowest BCUT2D eigenvalue weighted by atomic mass is 9.40. The molecule has 8 heteroatoms. The molecule has 2 aliphatic heterocycles. The first-order valence-electron chi connectivity index (χ1n) is 20.6. The Labute approximate surface area is 327 Å². The third-order valence-electron chi connectivity index (χ3n) is 15.6. The van der Waals surface area contributed by atoms with Gasteiger partial charge in [0.1, 0.15) is 6.04 Å². The summed E-state index contributed by atoms with van der Waals surface area (Å²) in [6.45, 7) is 25.0. The summed E-state index contributed by atoms with van der Waals surface area (Å²) < 4.78 is 8.92. The summed E-state index contributed by atoms with van der Waals surface area (Å²) in [7, 11) is 3.98. The maximum absolute atomic E-state index is 14.9. The van der Waals surface area contributed by atoms with E-state index in [4.69, 9.17) is 4.74 Å². The average molecular weight is 750 g/mol. The molecule has 9 unspecified atom stereocenters. The summed E-state index contributed by atoms with van der Waals surface area (Å²) in [5, 5.41) is 28.2. The van der Waals surface area contributed by atoms with Gasteiger partial charge in [0, 0.05) is 52.1 Å². The number of aliphatic hydroxyl groups is 2. The molecule has 8 rings (SSSR count). The number of carbonyl (C=O) groups excluding carboxylic acids is 2. The molecule has 1 aromatic heterocycles. The predicted octanol–water partition coefficient (Wildman–Crippen LogP) is 7.78. The van der Waals surface area contributed by atoms with E-state index in [0.29, 0.717) is 30.0 Å². The predicted molar refractivity (Wildman–Crippen MR) is 219 cm³/mol. The molecule has 296 valence electrons. The number of aromatic nitrogens is 1. The first kappa shape index (κ1) is 38.6. The second kappa shape index (κ2) is 12.3. The molecule has 4 aliphatic carbocycles. The van der Waals surface area contributed by atoms with E-state index in [1.807, 2.05) is 45.0 Å². The maximum Gasteiger partial charge on any atom is 0.246 e. The van der Waals surface area contributed by atoms with Crippen LogP contribution in [0.25, 0.3) is 16.5 Å². The van der Waals surface area contributed by atoms with Crippen LogP contribution in [0.3, 0.4) is 0 Å². The van der Waals surface area contributed by atoms with E-state index in [9.17, 15) is 19.8 Å². The van der Waals surface area contributed by atoms with E-state index in [1.54, 1.807) is 0 Å². The van der Waals surface area contributed by atoms with Crippen LogP contribution in [-0.2, 0) is 21.4 Å². The van der Waals surface area contributed by atoms with Crippen LogP contribution in [0.5, 0.6) is 0 Å². The number of nitrogens with zero attached hydrogens (tertiary/aromatic N) is 2. The fourth-order valence-electron chi connectivity index (χ4n) is 13.1. The maximum atomic E-state index is 14.9. The summed E-state index contributed by atoms with van der Waals surface area (Å²) in [5.41, 5.74) is 6.42. The van der Waals surface area contributed by atoms with Gasteiger partial charge in [0.05, 0.1) is 34.5 Å². The van der Waals surface area contributed by atoms with Crippen LogP contribution < -0.4 is 5.32 Å². The molecule has 0 bridgehead atoms. The summed E-state index contributed by atoms with van der Waals surface area (Å²) in [6, 6.07) is 1.78. The van der Waals surface area contributed by atoms with Crippen molar-refractivity contribution in [3.05, 3.63) is 76.0 Å². The highest BCUT2D eigenvalue weighted by molar-refractivity contribution is 6.18. The number of ether oxygens (including phenoxy) is 1. The zero-order chi connectivity index (χ0) is 39.9. The Morgan fingerprint density at radius 1 is 1.09 bits per heavy atom. The fourth-order valence-corrected chi connectivity index (χ4v) is 13.1. The van der Waals surface area contributed by atoms with E-state index in [0.717, 1.165) is 65.4 Å². The average Bonchev–Trinajstić information content (AvgIpc) is 3.75. The SMILES string of the molecule is C=C(C)C1C(=O)c2c3c(cc4c5c(n1c24)C1(C)C(CCC2C(C)(/C=C/C=C(\C)C(=O)NCCN(C)C)C(O)CCC21C)C5)C1=CC(C)(C)OC(C)(C)C1C3O. The number of fused-ring (bicyclic) bond motifs is 11. The smallest absolute Gasteiger partial charge is 0.246 e. The molecule has 6 aliphatic rings. The summed E-state index contributed by atoms with van der Waals surface area (Å²) >= 11 is 0. The number of rotatable bonds is 7. The molecular weight excluding hydrogens is 687 g/mol. The number of hydrogen-bond donors (Lipinski definition) is 3. The second-order valence-electron chi connectivity index (χ2n) is 20.1. The van der Waals surface area contributed by atoms with Crippen molar-refractivity contribution in [3.8, 4) is 0 Å². The van der Waals surface area contributed by atoms with Crippen LogP contribution >= 0.6 is 0 Å². The molecule has 0 radical (unpaired) electrons. The molecule has 2 aromatic rings. The van der Waals surface area contributed by atoms with Crippen molar-refractivity contribution in [2.75, 3.05) is 27.2 Å². The second-order valence-corrected chi connectivity index (χ2v) is 20.1. The molecule has 3 N–H and O–H groups in total. The van der Waals surface area contributed by atoms with Crippen LogP contribution in [0.4, 0.5) is 0 Å². The number of likely N-dealkylation sites (N-methyl/N-ethyl adjacent to an activating group) is 1. The van der Waals surface area contributed by atoms with E-state index in [2.05, 4.69) is 83.1 Å². The molecule has 1 aromatic carbocycles. The van der Waals surface area contributed by atoms with Crippen molar-refractivity contribution in [2.24, 2.45) is 28.6 Å². The molecule has 55 heavy (non-hydrogen) atoms. The Hall–Kier alpha value is -3.30. The van der Waals surface area contributed by atoms with E-state index in [-0.39, 0.29) is 34.4 Å². The van der Waals surface area contributed by atoms with Gasteiger partial charge >= 0.3 is 0 Å². The number of benzene rings is 1. The van der Waals surface area contributed by atoms with Crippen LogP contribution in [-0.4, -0.2) is 75.9 Å². The first-order valence-corrected chi connectivity index (χ1v) is 20.6. The minimum absolute atomic E-state index is 0.0349. The van der Waals surface area contributed by atoms with Gasteiger partial charge in [-0.15, -0.1) is 0 Å². The highest BCUT2D eigenvalue weighted by Crippen LogP contribution is 2.71. The Morgan fingerprint density at radius 3 is 2.47 bits per heavy atom. The third kappa shape index (κ3) is 5.16. The summed E-state index contributed by atoms with van der Waals surface area (Å²) in [5.74, 6) is 0.246. The zero-order valence-electron chi connectivity index (χ0n) is 35.0. The number of allylic oxidation sites excluding steroid dienone is 3. The molecule has 9 atom stereocenters. The summed E-state index contributed by atoms with van der Waals surface area (Å²) in [4.78, 5) is 29.8. The van der Waals surface area contributed by atoms with Crippen molar-refractivity contribution in [1.29, 1.82) is 0 Å². The molecule has 0 saturated heterocycles. The lowest BCUT2D eigenvalue weighted by molar-refractivity contribution is -0.144. The van der Waals surface area contributed by atoms with E-state index in [1.165, 1.54) is 11.3 Å². The van der Waals surface area contributed by atoms with Crippen LogP contribution in [0.2, 0.25) is 0 Å². The Bertz CT molecular complexity index is 2130. The van der Waals surface area contributed by atoms with E-state index < -0.39 is 34.9 Å². The molecular formula is C47H63N3O5. The zero-order valence-corrected chi connectivity index (χ0v) is 35.0. The molecule has 2 saturated carbocycles. The molecule has 0 spiro atoms. The molecule has 3 heterocycles. The number of nitrogens with one attached hydrogen (secondary N) is 1. The van der Waals surface area contributed by atoms with Gasteiger partial charge < -0.3 is 29.7 Å². The van der Waals surface area contributed by atoms with Crippen molar-refractivity contribution in [1.82, 2.24) is 14.8 Å². The van der Waals surface area contributed by atoms with Crippen LogP contribution in [0.1, 0.15) is 133 Å². The standard InChI is InChI=1S/C47H63N3O5/c1-25(2)37-40(53)35-34-28(31-24-43(4,5)55-44(6,7)36(31)39(34)52)23-29-30-22-27-15-16-32-45(8,18-13-14-26(3)42(54)48-20-21-49(11)12)33(51)17-19-46(32,9)47(27,10)41(30)50(37)38(29)35/h13-14,18,23-24,27,32-33,36-37,39,51-52H,1,15-17,19-22H2,2-12H3,(H,48,54)/b18-13+,26-14+. The van der Waals surface area contributed by atoms with Crippen LogP contribution in [0.15, 0.2) is 48.1 Å². The van der Waals surface area contributed by atoms with E-state index >= 15 is 0 Å². The van der Waals surface area contributed by atoms with Crippen LogP contribution in [0, 0.1) is 28.6 Å². The normalized spacial score (nSPS) is 36.8. The van der Waals surface area contributed by atoms with Gasteiger partial charge in [-0.05, 0) is 134 Å². The van der Waals surface area contributed by atoms with Gasteiger partial charge in [-0.1, -0.05) is 51.2 Å². The quantitative estimate of drug-likeness (QED) is 0.152. The highest BCUT2D eigenvalue weighted by Gasteiger charge is 2.67. The van der Waals surface area contributed by atoms with Gasteiger partial charge in [0.25, 0.3) is 0 Å². The Kier molecular flexibility index (Phi) is 8.66. The van der Waals surface area contributed by atoms with Crippen molar-refractivity contribution in [3.63, 3.8) is 0 Å². The Balaban J connectivity index is 1.26. The Morgan fingerprint density at radius 2 is 1.80 bits per heavy atom. The number of amides is 1. The highest BCUT2D eigenvalue weighted by atomic mass is 16.5. The first-order chi connectivity index (χ1) is 25.6. The number of carbonyl (C=O) groups is 2. The lowest BCUT2D eigenvalue weighted by Crippen LogP contribution is -2.62. The van der Waals surface area contributed by atoms with Gasteiger partial charge in [-0.3, -0.25) is 9.59 Å². The fraction of sp³-hybridized carbons (Fsp3) is 0.617. The van der Waals surface area contributed by atoms with Gasteiger partial charge in [0.15, 0.2) is 5.78 Å². The van der Waals surface area contributed by atoms with Crippen molar-refractivity contribution < 1.29 is 24.5 Å². The monoisotopic (exact) mass is 749 g/mol. The van der Waals surface area contributed by atoms with Crippen molar-refractivity contribution >= 4 is 28.2 Å². The largest absolute Gasteiger partial charge is 0.392 e. The topological polar surface area (TPSA) is 104 Å². The minimum Gasteiger partial charge on any atom is -0.392 e. The number of ketones is 1. The molecule has 8 nitrogen and oxygen atoms in total. The van der Waals surface area contributed by atoms with Gasteiger partial charge in [-0.25, -0.2) is 0 Å². The minimum atomic E-state index is -0.855. The van der Waals surface area contributed by atoms with Crippen molar-refractivity contribution in [2.45, 2.75) is 129 Å². The lowest BCUT2D eigenvalue weighted by Gasteiger charge is -2.64. The summed E-state index contributed by atoms with van der Waals surface area (Å²) in [6.07, 6.45) is 11.4. The van der Waals surface area contributed by atoms with Gasteiger partial charge in [0.2, 0.25) is 5.91 Å². The number of aliphatic hydroxyl groups excluding tert-OH is 2.